The number of anilines is 1. The van der Waals surface area contributed by atoms with E-state index in [1.807, 2.05) is 0 Å². The smallest absolute Gasteiger partial charge is 0.307 e. The van der Waals surface area contributed by atoms with Gasteiger partial charge in [-0.1, -0.05) is 12.1 Å². The fourth-order valence-electron chi connectivity index (χ4n) is 1.26. The summed E-state index contributed by atoms with van der Waals surface area (Å²) in [7, 11) is 0. The van der Waals surface area contributed by atoms with Gasteiger partial charge >= 0.3 is 5.97 Å². The van der Waals surface area contributed by atoms with Crippen molar-refractivity contribution in [2.45, 2.75) is 12.3 Å². The van der Waals surface area contributed by atoms with Crippen LogP contribution in [0.3, 0.4) is 0 Å². The van der Waals surface area contributed by atoms with E-state index in [-0.39, 0.29) is 12.3 Å². The third-order valence-corrected chi connectivity index (χ3v) is 2.19. The number of benzene rings is 1. The number of hydrogen-bond donors (Lipinski definition) is 3. The van der Waals surface area contributed by atoms with Crippen LogP contribution in [0.4, 0.5) is 5.69 Å². The lowest BCUT2D eigenvalue weighted by Crippen LogP contribution is -2.12. The highest BCUT2D eigenvalue weighted by atomic mass is 35.5. The zero-order chi connectivity index (χ0) is 10.6. The number of carbonyl (C=O) groups is 1. The fraction of sp³-hybridized carbons (Fsp3) is 0.222. The number of nitrogen functional groups attached to an aromatic ring is 1. The van der Waals surface area contributed by atoms with Gasteiger partial charge in [0, 0.05) is 5.88 Å². The van der Waals surface area contributed by atoms with E-state index in [1.165, 1.54) is 0 Å². The second-order valence-corrected chi connectivity index (χ2v) is 3.06. The number of halogens is 1. The Balaban J connectivity index is 3.12. The largest absolute Gasteiger partial charge is 0.481 e. The zero-order valence-corrected chi connectivity index (χ0v) is 8.21. The second kappa shape index (κ2) is 4.83. The summed E-state index contributed by atoms with van der Waals surface area (Å²) in [6, 6.07) is 5.28. The van der Waals surface area contributed by atoms with Gasteiger partial charge in [0.2, 0.25) is 0 Å². The van der Waals surface area contributed by atoms with E-state index < -0.39 is 5.97 Å². The lowest BCUT2D eigenvalue weighted by molar-refractivity contribution is -0.136. The first-order chi connectivity index (χ1) is 6.69. The summed E-state index contributed by atoms with van der Waals surface area (Å²) in [5, 5.41) is 8.70. The number of carboxylic acid groups (broad SMARTS) is 1. The minimum Gasteiger partial charge on any atom is -0.481 e. The molecule has 4 N–H and O–H groups in total. The summed E-state index contributed by atoms with van der Waals surface area (Å²) >= 11 is 5.68. The molecular weight excluding hydrogens is 204 g/mol. The van der Waals surface area contributed by atoms with Gasteiger partial charge in [0.1, 0.15) is 0 Å². The first-order valence-electron chi connectivity index (χ1n) is 4.04. The Morgan fingerprint density at radius 1 is 1.57 bits per heavy atom. The molecule has 0 amide bonds. The average molecular weight is 215 g/mol. The molecular formula is C9H11ClN2O2. The molecule has 0 bridgehead atoms. The van der Waals surface area contributed by atoms with Gasteiger partial charge < -0.3 is 10.5 Å². The van der Waals surface area contributed by atoms with Crippen LogP contribution in [0.1, 0.15) is 11.1 Å². The van der Waals surface area contributed by atoms with E-state index in [4.69, 9.17) is 22.6 Å². The van der Waals surface area contributed by atoms with Gasteiger partial charge in [-0.05, 0) is 17.2 Å². The third kappa shape index (κ3) is 2.37. The molecule has 0 fully saturated rings. The standard InChI is InChI=1S/C9H11ClN2O2/c10-5-6-2-1-3-8(12-11)7(6)4-9(13)14/h1-3,12H,4-5,11H2,(H,13,14). The van der Waals surface area contributed by atoms with Gasteiger partial charge in [0.25, 0.3) is 0 Å². The summed E-state index contributed by atoms with van der Waals surface area (Å²) in [5.41, 5.74) is 4.47. The van der Waals surface area contributed by atoms with Crippen molar-refractivity contribution >= 4 is 23.3 Å². The van der Waals surface area contributed by atoms with Crippen LogP contribution in [0.2, 0.25) is 0 Å². The second-order valence-electron chi connectivity index (χ2n) is 2.79. The fourth-order valence-corrected chi connectivity index (χ4v) is 1.51. The molecule has 0 unspecified atom stereocenters. The van der Waals surface area contributed by atoms with Crippen molar-refractivity contribution in [3.63, 3.8) is 0 Å². The van der Waals surface area contributed by atoms with Crippen molar-refractivity contribution < 1.29 is 9.90 Å². The number of nitrogens with two attached hydrogens (primary N) is 1. The number of alkyl halides is 1. The maximum Gasteiger partial charge on any atom is 0.307 e. The molecule has 1 aromatic carbocycles. The summed E-state index contributed by atoms with van der Waals surface area (Å²) in [6.07, 6.45) is -0.0809. The monoisotopic (exact) mass is 214 g/mol. The van der Waals surface area contributed by atoms with Crippen molar-refractivity contribution in [1.82, 2.24) is 0 Å². The number of aliphatic carboxylic acids is 1. The minimum atomic E-state index is -0.904. The Bertz CT molecular complexity index is 319. The molecule has 0 aliphatic rings. The van der Waals surface area contributed by atoms with Crippen LogP contribution in [-0.2, 0) is 17.1 Å². The number of hydrogen-bond acceptors (Lipinski definition) is 3. The van der Waals surface area contributed by atoms with Crippen molar-refractivity contribution in [2.24, 2.45) is 5.84 Å². The summed E-state index contributed by atoms with van der Waals surface area (Å²) in [5.74, 6) is 4.64. The molecule has 0 aromatic heterocycles. The maximum atomic E-state index is 10.6. The van der Waals surface area contributed by atoms with Gasteiger partial charge in [0.05, 0.1) is 12.1 Å². The molecule has 1 rings (SSSR count). The van der Waals surface area contributed by atoms with Crippen LogP contribution in [0.15, 0.2) is 18.2 Å². The van der Waals surface area contributed by atoms with E-state index >= 15 is 0 Å². The lowest BCUT2D eigenvalue weighted by Gasteiger charge is -2.10. The average Bonchev–Trinajstić information content (AvgIpc) is 2.17. The first kappa shape index (κ1) is 10.8. The molecule has 0 saturated carbocycles. The zero-order valence-electron chi connectivity index (χ0n) is 7.46. The molecule has 0 aliphatic carbocycles. The molecule has 0 heterocycles. The molecule has 14 heavy (non-hydrogen) atoms. The molecule has 1 aromatic rings. The Morgan fingerprint density at radius 2 is 2.29 bits per heavy atom. The van der Waals surface area contributed by atoms with Crippen LogP contribution < -0.4 is 11.3 Å². The van der Waals surface area contributed by atoms with Crippen LogP contribution in [0.25, 0.3) is 0 Å². The highest BCUT2D eigenvalue weighted by Gasteiger charge is 2.10. The summed E-state index contributed by atoms with van der Waals surface area (Å²) in [4.78, 5) is 10.6. The first-order valence-corrected chi connectivity index (χ1v) is 4.57. The lowest BCUT2D eigenvalue weighted by atomic mass is 10.0. The molecule has 0 atom stereocenters. The topological polar surface area (TPSA) is 75.3 Å². The van der Waals surface area contributed by atoms with Crippen molar-refractivity contribution in [3.8, 4) is 0 Å². The summed E-state index contributed by atoms with van der Waals surface area (Å²) in [6.45, 7) is 0. The highest BCUT2D eigenvalue weighted by Crippen LogP contribution is 2.21. The van der Waals surface area contributed by atoms with Gasteiger partial charge in [-0.25, -0.2) is 0 Å². The quantitative estimate of drug-likeness (QED) is 0.402. The van der Waals surface area contributed by atoms with E-state index in [0.717, 1.165) is 5.56 Å². The number of nitrogens with one attached hydrogen (secondary N) is 1. The van der Waals surface area contributed by atoms with E-state index in [9.17, 15) is 4.79 Å². The SMILES string of the molecule is NNc1cccc(CCl)c1CC(=O)O. The van der Waals surface area contributed by atoms with E-state index in [0.29, 0.717) is 11.3 Å². The van der Waals surface area contributed by atoms with Gasteiger partial charge in [-0.2, -0.15) is 0 Å². The Hall–Kier alpha value is -1.26. The van der Waals surface area contributed by atoms with Gasteiger partial charge in [0.15, 0.2) is 0 Å². The Morgan fingerprint density at radius 3 is 2.79 bits per heavy atom. The van der Waals surface area contributed by atoms with Gasteiger partial charge in [-0.15, -0.1) is 11.6 Å². The van der Waals surface area contributed by atoms with Crippen LogP contribution in [0, 0.1) is 0 Å². The molecule has 0 radical (unpaired) electrons. The Labute approximate surface area is 86.6 Å². The Kier molecular flexibility index (Phi) is 3.73. The van der Waals surface area contributed by atoms with Crippen molar-refractivity contribution in [3.05, 3.63) is 29.3 Å². The molecule has 76 valence electrons. The van der Waals surface area contributed by atoms with Crippen LogP contribution >= 0.6 is 11.6 Å². The van der Waals surface area contributed by atoms with Crippen LogP contribution in [-0.4, -0.2) is 11.1 Å². The number of rotatable bonds is 4. The predicted octanol–water partition coefficient (Wildman–Crippen LogP) is 1.34. The molecule has 0 aliphatic heterocycles. The number of carboxylic acids is 1. The van der Waals surface area contributed by atoms with E-state index in [1.54, 1.807) is 18.2 Å². The maximum absolute atomic E-state index is 10.6. The predicted molar refractivity (Wildman–Crippen MR) is 55.1 cm³/mol. The molecule has 4 nitrogen and oxygen atoms in total. The normalized spacial score (nSPS) is 9.86. The van der Waals surface area contributed by atoms with Crippen LogP contribution in [0.5, 0.6) is 0 Å². The van der Waals surface area contributed by atoms with Gasteiger partial charge in [-0.3, -0.25) is 10.6 Å². The molecule has 0 saturated heterocycles. The van der Waals surface area contributed by atoms with Crippen molar-refractivity contribution in [1.29, 1.82) is 0 Å². The summed E-state index contributed by atoms with van der Waals surface area (Å²) < 4.78 is 0. The van der Waals surface area contributed by atoms with Crippen molar-refractivity contribution in [2.75, 3.05) is 5.43 Å². The highest BCUT2D eigenvalue weighted by molar-refractivity contribution is 6.17. The number of hydrazine groups is 1. The molecule has 5 heteroatoms. The molecule has 0 spiro atoms. The third-order valence-electron chi connectivity index (χ3n) is 1.90. The van der Waals surface area contributed by atoms with E-state index in [2.05, 4.69) is 5.43 Å². The minimum absolute atomic E-state index is 0.0809.